The molecular weight excluding hydrogens is 238 g/mol. The zero-order chi connectivity index (χ0) is 12.4. The number of nitrogens with zero attached hydrogens (tertiary/aromatic N) is 1. The Morgan fingerprint density at radius 1 is 1.47 bits per heavy atom. The Morgan fingerprint density at radius 3 is 2.88 bits per heavy atom. The van der Waals surface area contributed by atoms with Gasteiger partial charge in [-0.1, -0.05) is 23.3 Å². The normalized spacial score (nSPS) is 15.6. The monoisotopic (exact) mass is 251 g/mol. The van der Waals surface area contributed by atoms with Crippen LogP contribution in [-0.4, -0.2) is 24.2 Å². The smallest absolute Gasteiger partial charge is 0.337 e. The van der Waals surface area contributed by atoms with Crippen molar-refractivity contribution in [2.75, 3.05) is 18.0 Å². The molecule has 0 spiro atoms. The van der Waals surface area contributed by atoms with Crippen LogP contribution < -0.4 is 4.90 Å². The summed E-state index contributed by atoms with van der Waals surface area (Å²) in [6.07, 6.45) is 3.14. The van der Waals surface area contributed by atoms with Crippen LogP contribution in [0.1, 0.15) is 23.7 Å². The number of aromatic carboxylic acids is 1. The molecule has 3 nitrogen and oxygen atoms in total. The van der Waals surface area contributed by atoms with Crippen LogP contribution in [0.3, 0.4) is 0 Å². The van der Waals surface area contributed by atoms with Gasteiger partial charge in [0.15, 0.2) is 0 Å². The number of carboxylic acid groups (broad SMARTS) is 1. The first-order chi connectivity index (χ1) is 8.08. The van der Waals surface area contributed by atoms with Crippen molar-refractivity contribution in [3.05, 3.63) is 40.4 Å². The molecule has 0 aromatic heterocycles. The van der Waals surface area contributed by atoms with E-state index >= 15 is 0 Å². The molecule has 1 aliphatic rings. The van der Waals surface area contributed by atoms with Gasteiger partial charge in [0.25, 0.3) is 0 Å². The molecule has 1 aromatic rings. The number of rotatable bonds is 2. The summed E-state index contributed by atoms with van der Waals surface area (Å²) < 4.78 is 0. The second-order valence-electron chi connectivity index (χ2n) is 4.23. The van der Waals surface area contributed by atoms with Gasteiger partial charge in [0, 0.05) is 18.1 Å². The third kappa shape index (κ3) is 2.61. The lowest BCUT2D eigenvalue weighted by atomic mass is 10.1. The van der Waals surface area contributed by atoms with Gasteiger partial charge in [-0.3, -0.25) is 0 Å². The molecular formula is C13H14ClNO2. The first kappa shape index (κ1) is 12.0. The quantitative estimate of drug-likeness (QED) is 0.821. The fourth-order valence-corrected chi connectivity index (χ4v) is 2.24. The lowest BCUT2D eigenvalue weighted by Gasteiger charge is -2.29. The molecule has 0 aliphatic carbocycles. The van der Waals surface area contributed by atoms with Gasteiger partial charge in [-0.05, 0) is 31.5 Å². The van der Waals surface area contributed by atoms with Crippen molar-refractivity contribution >= 4 is 23.3 Å². The fourth-order valence-electron chi connectivity index (χ4n) is 2.07. The Morgan fingerprint density at radius 2 is 2.24 bits per heavy atom. The van der Waals surface area contributed by atoms with Crippen LogP contribution in [-0.2, 0) is 0 Å². The van der Waals surface area contributed by atoms with Crippen molar-refractivity contribution < 1.29 is 9.90 Å². The van der Waals surface area contributed by atoms with Gasteiger partial charge in [-0.2, -0.15) is 0 Å². The number of benzene rings is 1. The van der Waals surface area contributed by atoms with E-state index in [2.05, 4.69) is 17.9 Å². The second-order valence-corrected chi connectivity index (χ2v) is 4.66. The molecule has 0 fully saturated rings. The minimum absolute atomic E-state index is 0.271. The van der Waals surface area contributed by atoms with Crippen molar-refractivity contribution in [1.29, 1.82) is 0 Å². The molecule has 0 unspecified atom stereocenters. The summed E-state index contributed by atoms with van der Waals surface area (Å²) in [7, 11) is 0. The first-order valence-electron chi connectivity index (χ1n) is 5.51. The lowest BCUT2D eigenvalue weighted by Crippen LogP contribution is -2.30. The van der Waals surface area contributed by atoms with E-state index in [9.17, 15) is 9.90 Å². The van der Waals surface area contributed by atoms with Crippen molar-refractivity contribution in [2.45, 2.75) is 13.3 Å². The molecule has 90 valence electrons. The largest absolute Gasteiger partial charge is 0.478 e. The molecule has 1 heterocycles. The summed E-state index contributed by atoms with van der Waals surface area (Å²) in [4.78, 5) is 13.3. The van der Waals surface area contributed by atoms with Crippen LogP contribution in [0.4, 0.5) is 5.69 Å². The van der Waals surface area contributed by atoms with Crippen LogP contribution in [0.15, 0.2) is 29.8 Å². The van der Waals surface area contributed by atoms with E-state index in [0.717, 1.165) is 25.2 Å². The molecule has 0 atom stereocenters. The highest BCUT2D eigenvalue weighted by atomic mass is 35.5. The number of carbonyl (C=O) groups is 1. The molecule has 1 aliphatic heterocycles. The standard InChI is InChI=1S/C13H14ClNO2/c1-9-3-2-6-15(8-9)12-5-4-10(14)7-11(12)13(16)17/h3-5,7H,2,6,8H2,1H3,(H,16,17). The molecule has 2 rings (SSSR count). The molecule has 0 saturated heterocycles. The molecule has 0 radical (unpaired) electrons. The van der Waals surface area contributed by atoms with Crippen LogP contribution >= 0.6 is 11.6 Å². The molecule has 1 N–H and O–H groups in total. The summed E-state index contributed by atoms with van der Waals surface area (Å²) in [6.45, 7) is 3.68. The van der Waals surface area contributed by atoms with Crippen LogP contribution in [0.25, 0.3) is 0 Å². The molecule has 17 heavy (non-hydrogen) atoms. The van der Waals surface area contributed by atoms with E-state index in [-0.39, 0.29) is 5.56 Å². The highest BCUT2D eigenvalue weighted by molar-refractivity contribution is 6.31. The van der Waals surface area contributed by atoms with E-state index < -0.39 is 5.97 Å². The Bertz CT molecular complexity index is 482. The number of hydrogen-bond acceptors (Lipinski definition) is 2. The van der Waals surface area contributed by atoms with Crippen molar-refractivity contribution in [3.63, 3.8) is 0 Å². The fraction of sp³-hybridized carbons (Fsp3) is 0.308. The van der Waals surface area contributed by atoms with Crippen LogP contribution in [0.5, 0.6) is 0 Å². The van der Waals surface area contributed by atoms with Crippen molar-refractivity contribution in [3.8, 4) is 0 Å². The van der Waals surface area contributed by atoms with Gasteiger partial charge in [-0.15, -0.1) is 0 Å². The number of anilines is 1. The lowest BCUT2D eigenvalue weighted by molar-refractivity contribution is 0.0697. The molecule has 1 aromatic carbocycles. The van der Waals surface area contributed by atoms with E-state index in [1.54, 1.807) is 12.1 Å². The van der Waals surface area contributed by atoms with Crippen LogP contribution in [0.2, 0.25) is 5.02 Å². The average Bonchev–Trinajstić information content (AvgIpc) is 2.28. The Balaban J connectivity index is 2.38. The van der Waals surface area contributed by atoms with Crippen molar-refractivity contribution in [1.82, 2.24) is 0 Å². The molecule has 0 amide bonds. The summed E-state index contributed by atoms with van der Waals surface area (Å²) in [6, 6.07) is 5.02. The van der Waals surface area contributed by atoms with Crippen LogP contribution in [0, 0.1) is 0 Å². The molecule has 0 saturated carbocycles. The van der Waals surface area contributed by atoms with E-state index in [0.29, 0.717) is 5.02 Å². The number of carboxylic acids is 1. The SMILES string of the molecule is CC1=CCCN(c2ccc(Cl)cc2C(=O)O)C1. The summed E-state index contributed by atoms with van der Waals surface area (Å²) in [5.41, 5.74) is 2.28. The predicted octanol–water partition coefficient (Wildman–Crippen LogP) is 3.19. The Labute approximate surface area is 105 Å². The molecule has 0 bridgehead atoms. The van der Waals surface area contributed by atoms with Gasteiger partial charge in [0.1, 0.15) is 0 Å². The zero-order valence-corrected chi connectivity index (χ0v) is 10.4. The minimum atomic E-state index is -0.935. The van der Waals surface area contributed by atoms with E-state index in [1.165, 1.54) is 11.6 Å². The highest BCUT2D eigenvalue weighted by Gasteiger charge is 2.18. The van der Waals surface area contributed by atoms with Gasteiger partial charge in [0.2, 0.25) is 0 Å². The maximum Gasteiger partial charge on any atom is 0.337 e. The Kier molecular flexibility index (Phi) is 3.38. The number of halogens is 1. The topological polar surface area (TPSA) is 40.5 Å². The third-order valence-corrected chi connectivity index (χ3v) is 3.10. The van der Waals surface area contributed by atoms with Gasteiger partial charge in [0.05, 0.1) is 11.3 Å². The maximum absolute atomic E-state index is 11.2. The predicted molar refractivity (Wildman–Crippen MR) is 69.0 cm³/mol. The summed E-state index contributed by atoms with van der Waals surface area (Å²) >= 11 is 5.84. The van der Waals surface area contributed by atoms with Gasteiger partial charge < -0.3 is 10.0 Å². The second kappa shape index (κ2) is 4.80. The highest BCUT2D eigenvalue weighted by Crippen LogP contribution is 2.26. The third-order valence-electron chi connectivity index (χ3n) is 2.86. The van der Waals surface area contributed by atoms with E-state index in [4.69, 9.17) is 11.6 Å². The van der Waals surface area contributed by atoms with E-state index in [1.807, 2.05) is 0 Å². The summed E-state index contributed by atoms with van der Waals surface area (Å²) in [5.74, 6) is -0.935. The first-order valence-corrected chi connectivity index (χ1v) is 5.89. The van der Waals surface area contributed by atoms with Gasteiger partial charge in [-0.25, -0.2) is 4.79 Å². The van der Waals surface area contributed by atoms with Gasteiger partial charge >= 0.3 is 5.97 Å². The zero-order valence-electron chi connectivity index (χ0n) is 9.61. The molecule has 4 heteroatoms. The minimum Gasteiger partial charge on any atom is -0.478 e. The average molecular weight is 252 g/mol. The number of hydrogen-bond donors (Lipinski definition) is 1. The van der Waals surface area contributed by atoms with Crippen molar-refractivity contribution in [2.24, 2.45) is 0 Å². The Hall–Kier alpha value is -1.48. The maximum atomic E-state index is 11.2. The summed E-state index contributed by atoms with van der Waals surface area (Å²) in [5, 5.41) is 9.64.